The van der Waals surface area contributed by atoms with Crippen LogP contribution in [0.25, 0.3) is 0 Å². The molecule has 1 aliphatic heterocycles. The van der Waals surface area contributed by atoms with E-state index in [-0.39, 0.29) is 11.9 Å². The molecule has 3 N–H and O–H groups in total. The van der Waals surface area contributed by atoms with Crippen molar-refractivity contribution < 1.29 is 9.59 Å². The van der Waals surface area contributed by atoms with Gasteiger partial charge in [-0.05, 0) is 31.5 Å². The summed E-state index contributed by atoms with van der Waals surface area (Å²) < 4.78 is 0. The number of benzene rings is 1. The van der Waals surface area contributed by atoms with E-state index in [0.29, 0.717) is 44.0 Å². The van der Waals surface area contributed by atoms with Gasteiger partial charge in [0.15, 0.2) is 0 Å². The summed E-state index contributed by atoms with van der Waals surface area (Å²) in [5.41, 5.74) is 7.90. The van der Waals surface area contributed by atoms with Crippen molar-refractivity contribution in [1.29, 1.82) is 0 Å². The second-order valence-electron chi connectivity index (χ2n) is 5.19. The van der Waals surface area contributed by atoms with Crippen molar-refractivity contribution in [3.8, 4) is 0 Å². The Morgan fingerprint density at radius 2 is 1.81 bits per heavy atom. The first-order valence-corrected chi connectivity index (χ1v) is 7.21. The van der Waals surface area contributed by atoms with Crippen molar-refractivity contribution in [2.24, 2.45) is 0 Å². The number of hydrogen-bond donors (Lipinski definition) is 2. The Kier molecular flexibility index (Phi) is 4.67. The van der Waals surface area contributed by atoms with Crippen molar-refractivity contribution in [2.45, 2.75) is 13.8 Å². The number of carbonyl (C=O) groups excluding carboxylic acids is 2. The predicted octanol–water partition coefficient (Wildman–Crippen LogP) is 1.06. The van der Waals surface area contributed by atoms with Crippen molar-refractivity contribution in [3.63, 3.8) is 0 Å². The lowest BCUT2D eigenvalue weighted by molar-refractivity contribution is 0.0664. The Bertz CT molecular complexity index is 536. The van der Waals surface area contributed by atoms with E-state index < -0.39 is 0 Å². The average molecular weight is 290 g/mol. The molecule has 0 atom stereocenters. The standard InChI is InChI=1S/C15H22N4O2/c1-3-17-15(21)19-8-6-18(7-9-19)14(20)13-10-12(16)5-4-11(13)2/h4-5,10H,3,6-9,16H2,1-2H3,(H,17,21). The van der Waals surface area contributed by atoms with Gasteiger partial charge in [0.1, 0.15) is 0 Å². The van der Waals surface area contributed by atoms with Gasteiger partial charge in [-0.15, -0.1) is 0 Å². The first kappa shape index (κ1) is 15.2. The number of nitrogens with zero attached hydrogens (tertiary/aromatic N) is 2. The number of amides is 3. The normalized spacial score (nSPS) is 15.0. The van der Waals surface area contributed by atoms with Crippen LogP contribution in [0.15, 0.2) is 18.2 Å². The summed E-state index contributed by atoms with van der Waals surface area (Å²) in [6, 6.07) is 5.30. The largest absolute Gasteiger partial charge is 0.399 e. The van der Waals surface area contributed by atoms with Gasteiger partial charge in [0.2, 0.25) is 0 Å². The monoisotopic (exact) mass is 290 g/mol. The van der Waals surface area contributed by atoms with Gasteiger partial charge in [0.05, 0.1) is 0 Å². The maximum atomic E-state index is 12.5. The van der Waals surface area contributed by atoms with E-state index in [0.717, 1.165) is 5.56 Å². The number of aryl methyl sites for hydroxylation is 1. The molecular weight excluding hydrogens is 268 g/mol. The first-order chi connectivity index (χ1) is 10.0. The van der Waals surface area contributed by atoms with Gasteiger partial charge in [-0.2, -0.15) is 0 Å². The third kappa shape index (κ3) is 3.45. The highest BCUT2D eigenvalue weighted by atomic mass is 16.2. The molecule has 1 aromatic carbocycles. The van der Waals surface area contributed by atoms with Crippen molar-refractivity contribution in [1.82, 2.24) is 15.1 Å². The smallest absolute Gasteiger partial charge is 0.317 e. The van der Waals surface area contributed by atoms with Crippen LogP contribution in [0.5, 0.6) is 0 Å². The number of nitrogen functional groups attached to an aromatic ring is 1. The molecular formula is C15H22N4O2. The SMILES string of the molecule is CCNC(=O)N1CCN(C(=O)c2cc(N)ccc2C)CC1. The Morgan fingerprint density at radius 1 is 1.19 bits per heavy atom. The molecule has 1 heterocycles. The second-order valence-corrected chi connectivity index (χ2v) is 5.19. The summed E-state index contributed by atoms with van der Waals surface area (Å²) >= 11 is 0. The number of urea groups is 1. The molecule has 0 aliphatic carbocycles. The predicted molar refractivity (Wildman–Crippen MR) is 82.1 cm³/mol. The minimum Gasteiger partial charge on any atom is -0.399 e. The minimum atomic E-state index is -0.0651. The third-order valence-electron chi connectivity index (χ3n) is 3.67. The van der Waals surface area contributed by atoms with Crippen LogP contribution in [0, 0.1) is 6.92 Å². The molecule has 1 aliphatic rings. The fourth-order valence-corrected chi connectivity index (χ4v) is 2.42. The molecule has 0 radical (unpaired) electrons. The fourth-order valence-electron chi connectivity index (χ4n) is 2.42. The molecule has 21 heavy (non-hydrogen) atoms. The number of nitrogens with one attached hydrogen (secondary N) is 1. The van der Waals surface area contributed by atoms with Gasteiger partial charge in [0.25, 0.3) is 5.91 Å². The number of rotatable bonds is 2. The lowest BCUT2D eigenvalue weighted by atomic mass is 10.1. The summed E-state index contributed by atoms with van der Waals surface area (Å²) in [5, 5.41) is 2.77. The lowest BCUT2D eigenvalue weighted by Gasteiger charge is -2.35. The van der Waals surface area contributed by atoms with Crippen LogP contribution in [0.2, 0.25) is 0 Å². The van der Waals surface area contributed by atoms with Gasteiger partial charge in [-0.3, -0.25) is 4.79 Å². The van der Waals surface area contributed by atoms with Crippen LogP contribution in [0.3, 0.4) is 0 Å². The number of piperazine rings is 1. The Morgan fingerprint density at radius 3 is 2.43 bits per heavy atom. The van der Waals surface area contributed by atoms with Gasteiger partial charge >= 0.3 is 6.03 Å². The molecule has 0 saturated carbocycles. The van der Waals surface area contributed by atoms with E-state index in [2.05, 4.69) is 5.32 Å². The Labute approximate surface area is 124 Å². The Balaban J connectivity index is 2.00. The molecule has 6 nitrogen and oxygen atoms in total. The summed E-state index contributed by atoms with van der Waals surface area (Å²) in [7, 11) is 0. The molecule has 6 heteroatoms. The van der Waals surface area contributed by atoms with Crippen LogP contribution in [0.4, 0.5) is 10.5 Å². The quantitative estimate of drug-likeness (QED) is 0.800. The number of carbonyl (C=O) groups is 2. The average Bonchev–Trinajstić information content (AvgIpc) is 2.49. The van der Waals surface area contributed by atoms with Gasteiger partial charge in [0, 0.05) is 44.0 Å². The van der Waals surface area contributed by atoms with Crippen molar-refractivity contribution in [3.05, 3.63) is 29.3 Å². The zero-order valence-corrected chi connectivity index (χ0v) is 12.6. The highest BCUT2D eigenvalue weighted by Gasteiger charge is 2.25. The molecule has 0 bridgehead atoms. The number of anilines is 1. The number of hydrogen-bond acceptors (Lipinski definition) is 3. The summed E-state index contributed by atoms with van der Waals surface area (Å²) in [5.74, 6) is -0.0182. The zero-order valence-electron chi connectivity index (χ0n) is 12.6. The van der Waals surface area contributed by atoms with E-state index in [4.69, 9.17) is 5.73 Å². The van der Waals surface area contributed by atoms with Crippen LogP contribution >= 0.6 is 0 Å². The highest BCUT2D eigenvalue weighted by molar-refractivity contribution is 5.96. The van der Waals surface area contributed by atoms with Crippen LogP contribution in [-0.2, 0) is 0 Å². The van der Waals surface area contributed by atoms with E-state index >= 15 is 0 Å². The molecule has 3 amide bonds. The van der Waals surface area contributed by atoms with Gasteiger partial charge in [-0.1, -0.05) is 6.07 Å². The van der Waals surface area contributed by atoms with E-state index in [1.165, 1.54) is 0 Å². The molecule has 0 spiro atoms. The lowest BCUT2D eigenvalue weighted by Crippen LogP contribution is -2.53. The molecule has 0 aromatic heterocycles. The van der Waals surface area contributed by atoms with E-state index in [1.807, 2.05) is 19.9 Å². The van der Waals surface area contributed by atoms with Gasteiger partial charge in [-0.25, -0.2) is 4.79 Å². The molecule has 114 valence electrons. The fraction of sp³-hybridized carbons (Fsp3) is 0.467. The maximum Gasteiger partial charge on any atom is 0.317 e. The first-order valence-electron chi connectivity index (χ1n) is 7.21. The van der Waals surface area contributed by atoms with Crippen LogP contribution in [-0.4, -0.2) is 54.5 Å². The third-order valence-corrected chi connectivity index (χ3v) is 3.67. The van der Waals surface area contributed by atoms with E-state index in [1.54, 1.807) is 21.9 Å². The van der Waals surface area contributed by atoms with E-state index in [9.17, 15) is 9.59 Å². The molecule has 2 rings (SSSR count). The van der Waals surface area contributed by atoms with Crippen LogP contribution < -0.4 is 11.1 Å². The van der Waals surface area contributed by atoms with Crippen LogP contribution in [0.1, 0.15) is 22.8 Å². The molecule has 1 aromatic rings. The Hall–Kier alpha value is -2.24. The van der Waals surface area contributed by atoms with Gasteiger partial charge < -0.3 is 20.9 Å². The topological polar surface area (TPSA) is 78.7 Å². The maximum absolute atomic E-state index is 12.5. The highest BCUT2D eigenvalue weighted by Crippen LogP contribution is 2.16. The van der Waals surface area contributed by atoms with Crippen molar-refractivity contribution in [2.75, 3.05) is 38.5 Å². The van der Waals surface area contributed by atoms with Crippen molar-refractivity contribution >= 4 is 17.6 Å². The molecule has 1 saturated heterocycles. The summed E-state index contributed by atoms with van der Waals surface area (Å²) in [6.45, 7) is 6.60. The minimum absolute atomic E-state index is 0.0182. The molecule has 0 unspecified atom stereocenters. The zero-order chi connectivity index (χ0) is 15.4. The second kappa shape index (κ2) is 6.47. The summed E-state index contributed by atoms with van der Waals surface area (Å²) in [4.78, 5) is 27.8. The summed E-state index contributed by atoms with van der Waals surface area (Å²) in [6.07, 6.45) is 0. The molecule has 1 fully saturated rings. The number of nitrogens with two attached hydrogens (primary N) is 1.